The van der Waals surface area contributed by atoms with Gasteiger partial charge in [-0.25, -0.2) is 9.29 Å². The van der Waals surface area contributed by atoms with Crippen LogP contribution in [0.4, 0.5) is 10.1 Å². The Morgan fingerprint density at radius 2 is 2.09 bits per heavy atom. The molecule has 0 bridgehead atoms. The van der Waals surface area contributed by atoms with Crippen molar-refractivity contribution in [3.63, 3.8) is 0 Å². The summed E-state index contributed by atoms with van der Waals surface area (Å²) in [7, 11) is 0. The quantitative estimate of drug-likeness (QED) is 0.757. The Bertz CT molecular complexity index is 717. The molecule has 1 amide bonds. The lowest BCUT2D eigenvalue weighted by Crippen LogP contribution is -3.11. The van der Waals surface area contributed by atoms with Crippen molar-refractivity contribution in [2.24, 2.45) is 4.99 Å². The predicted molar refractivity (Wildman–Crippen MR) is 83.7 cm³/mol. The van der Waals surface area contributed by atoms with Crippen LogP contribution in [0.2, 0.25) is 0 Å². The highest BCUT2D eigenvalue weighted by molar-refractivity contribution is 6.06. The minimum atomic E-state index is -0.984. The average Bonchev–Trinajstić information content (AvgIpc) is 2.92. The second-order valence-electron chi connectivity index (χ2n) is 5.95. The van der Waals surface area contributed by atoms with Gasteiger partial charge >= 0.3 is 0 Å². The molecule has 2 heterocycles. The summed E-state index contributed by atoms with van der Waals surface area (Å²) >= 11 is 0. The van der Waals surface area contributed by atoms with Gasteiger partial charge in [-0.2, -0.15) is 4.99 Å². The van der Waals surface area contributed by atoms with Crippen LogP contribution >= 0.6 is 0 Å². The number of hydrogen-bond acceptors (Lipinski definition) is 4. The average molecular weight is 317 g/mol. The SMILES string of the molecule is CC(C)(O)N1C=CC2=NC(C(=O)Nc3ccc(F)cc3)=C[NH+]2C1. The standard InChI is InChI=1S/C16H17FN4O2/c1-16(2,23)21-8-7-14-19-13(9-20(14)10-21)15(22)18-12-5-3-11(17)4-6-12/h3-9,23H,10H2,1-2H3,(H,18,22)/p+1. The molecular formula is C16H18FN4O2+. The zero-order valence-corrected chi connectivity index (χ0v) is 12.9. The first kappa shape index (κ1) is 15.4. The first-order valence-electron chi connectivity index (χ1n) is 7.24. The van der Waals surface area contributed by atoms with Gasteiger partial charge < -0.3 is 15.3 Å². The Kier molecular flexibility index (Phi) is 3.75. The topological polar surface area (TPSA) is 69.4 Å². The van der Waals surface area contributed by atoms with Crippen LogP contribution in [0.25, 0.3) is 0 Å². The number of nitrogens with one attached hydrogen (secondary N) is 2. The number of nitrogens with zero attached hydrogens (tertiary/aromatic N) is 2. The molecule has 1 unspecified atom stereocenters. The number of carbonyl (C=O) groups excluding carboxylic acids is 1. The van der Waals surface area contributed by atoms with E-state index in [1.54, 1.807) is 37.2 Å². The molecule has 0 fully saturated rings. The molecule has 120 valence electrons. The van der Waals surface area contributed by atoms with Gasteiger partial charge in [0.15, 0.2) is 12.4 Å². The number of amides is 1. The number of rotatable bonds is 3. The third kappa shape index (κ3) is 3.30. The molecule has 1 atom stereocenters. The van der Waals surface area contributed by atoms with Crippen molar-refractivity contribution in [1.82, 2.24) is 4.90 Å². The fraction of sp³-hybridized carbons (Fsp3) is 0.250. The summed E-state index contributed by atoms with van der Waals surface area (Å²) in [5.41, 5.74) is -0.185. The molecule has 23 heavy (non-hydrogen) atoms. The van der Waals surface area contributed by atoms with Gasteiger partial charge in [0.05, 0.1) is 0 Å². The van der Waals surface area contributed by atoms with E-state index < -0.39 is 5.72 Å². The van der Waals surface area contributed by atoms with Crippen molar-refractivity contribution in [3.05, 3.63) is 54.3 Å². The van der Waals surface area contributed by atoms with Crippen molar-refractivity contribution in [3.8, 4) is 0 Å². The number of quaternary nitrogens is 1. The van der Waals surface area contributed by atoms with Crippen LogP contribution in [0.1, 0.15) is 13.8 Å². The summed E-state index contributed by atoms with van der Waals surface area (Å²) in [6.45, 7) is 3.87. The van der Waals surface area contributed by atoms with Crippen LogP contribution in [-0.2, 0) is 4.79 Å². The van der Waals surface area contributed by atoms with Crippen molar-refractivity contribution in [2.75, 3.05) is 12.0 Å². The van der Waals surface area contributed by atoms with E-state index in [1.807, 2.05) is 0 Å². The number of halogens is 1. The van der Waals surface area contributed by atoms with Crippen LogP contribution in [-0.4, -0.2) is 34.1 Å². The summed E-state index contributed by atoms with van der Waals surface area (Å²) in [6, 6.07) is 5.55. The first-order valence-corrected chi connectivity index (χ1v) is 7.24. The zero-order chi connectivity index (χ0) is 16.6. The smallest absolute Gasteiger partial charge is 0.280 e. The number of aliphatic hydroxyl groups is 1. The number of benzene rings is 1. The maximum atomic E-state index is 12.9. The monoisotopic (exact) mass is 317 g/mol. The van der Waals surface area contributed by atoms with Gasteiger partial charge in [-0.1, -0.05) is 0 Å². The van der Waals surface area contributed by atoms with Crippen LogP contribution in [0.3, 0.4) is 0 Å². The lowest BCUT2D eigenvalue weighted by Gasteiger charge is -2.35. The Morgan fingerprint density at radius 3 is 2.74 bits per heavy atom. The Labute approximate surface area is 133 Å². The number of fused-ring (bicyclic) bond motifs is 1. The van der Waals surface area contributed by atoms with Gasteiger partial charge in [0.25, 0.3) is 5.91 Å². The van der Waals surface area contributed by atoms with Gasteiger partial charge in [-0.05, 0) is 38.1 Å². The maximum Gasteiger partial charge on any atom is 0.280 e. The van der Waals surface area contributed by atoms with Crippen LogP contribution < -0.4 is 10.2 Å². The van der Waals surface area contributed by atoms with Crippen molar-refractivity contribution in [1.29, 1.82) is 0 Å². The van der Waals surface area contributed by atoms with Crippen LogP contribution in [0.15, 0.2) is 53.4 Å². The molecule has 0 aliphatic carbocycles. The molecule has 6 nitrogen and oxygen atoms in total. The van der Waals surface area contributed by atoms with E-state index in [9.17, 15) is 14.3 Å². The molecule has 0 saturated carbocycles. The summed E-state index contributed by atoms with van der Waals surface area (Å²) in [5.74, 6) is 0.00530. The minimum absolute atomic E-state index is 0.293. The number of aliphatic imine (C=N–C) groups is 1. The predicted octanol–water partition coefficient (Wildman–Crippen LogP) is 0.418. The van der Waals surface area contributed by atoms with Crippen molar-refractivity contribution < 1.29 is 19.2 Å². The Hall–Kier alpha value is -2.51. The van der Waals surface area contributed by atoms with Gasteiger partial charge in [-0.15, -0.1) is 0 Å². The van der Waals surface area contributed by atoms with E-state index in [1.165, 1.54) is 24.3 Å². The van der Waals surface area contributed by atoms with E-state index in [2.05, 4.69) is 10.3 Å². The second kappa shape index (κ2) is 5.60. The van der Waals surface area contributed by atoms with E-state index in [4.69, 9.17) is 0 Å². The summed E-state index contributed by atoms with van der Waals surface area (Å²) in [6.07, 6.45) is 5.24. The third-order valence-electron chi connectivity index (χ3n) is 3.67. The number of amidine groups is 1. The molecular weight excluding hydrogens is 299 g/mol. The highest BCUT2D eigenvalue weighted by Gasteiger charge is 2.34. The summed E-state index contributed by atoms with van der Waals surface area (Å²) < 4.78 is 12.9. The zero-order valence-electron chi connectivity index (χ0n) is 12.9. The number of carbonyl (C=O) groups is 1. The molecule has 3 rings (SSSR count). The third-order valence-corrected chi connectivity index (χ3v) is 3.67. The van der Waals surface area contributed by atoms with Crippen LogP contribution in [0.5, 0.6) is 0 Å². The van der Waals surface area contributed by atoms with Gasteiger partial charge in [0, 0.05) is 18.0 Å². The molecule has 0 aromatic heterocycles. The number of hydrogen-bond donors (Lipinski definition) is 3. The van der Waals surface area contributed by atoms with E-state index in [0.717, 1.165) is 10.7 Å². The maximum absolute atomic E-state index is 12.9. The summed E-state index contributed by atoms with van der Waals surface area (Å²) in [5, 5.41) is 12.7. The number of anilines is 1. The highest BCUT2D eigenvalue weighted by Crippen LogP contribution is 2.14. The van der Waals surface area contributed by atoms with Crippen molar-refractivity contribution in [2.45, 2.75) is 19.6 Å². The first-order chi connectivity index (χ1) is 10.8. The molecule has 2 aliphatic rings. The van der Waals surface area contributed by atoms with Gasteiger partial charge in [0.2, 0.25) is 5.84 Å². The molecule has 1 aromatic carbocycles. The van der Waals surface area contributed by atoms with Gasteiger partial charge in [0.1, 0.15) is 17.7 Å². The highest BCUT2D eigenvalue weighted by atomic mass is 19.1. The largest absolute Gasteiger partial charge is 0.371 e. The van der Waals surface area contributed by atoms with Gasteiger partial charge in [-0.3, -0.25) is 4.79 Å². The minimum Gasteiger partial charge on any atom is -0.371 e. The van der Waals surface area contributed by atoms with Crippen molar-refractivity contribution >= 4 is 17.4 Å². The Balaban J connectivity index is 1.71. The molecule has 0 radical (unpaired) electrons. The van der Waals surface area contributed by atoms with E-state index >= 15 is 0 Å². The lowest BCUT2D eigenvalue weighted by molar-refractivity contribution is -0.761. The fourth-order valence-electron chi connectivity index (χ4n) is 2.36. The molecule has 0 saturated heterocycles. The van der Waals surface area contributed by atoms with E-state index in [-0.39, 0.29) is 11.7 Å². The fourth-order valence-corrected chi connectivity index (χ4v) is 2.36. The molecule has 0 spiro atoms. The molecule has 1 aromatic rings. The lowest BCUT2D eigenvalue weighted by atomic mass is 10.2. The summed E-state index contributed by atoms with van der Waals surface area (Å²) in [4.78, 5) is 19.2. The van der Waals surface area contributed by atoms with Crippen LogP contribution in [0, 0.1) is 5.82 Å². The molecule has 3 N–H and O–H groups in total. The Morgan fingerprint density at radius 1 is 1.39 bits per heavy atom. The normalized spacial score (nSPS) is 20.0. The second-order valence-corrected chi connectivity index (χ2v) is 5.95. The molecule has 7 heteroatoms. The molecule has 2 aliphatic heterocycles. The van der Waals surface area contributed by atoms with E-state index in [0.29, 0.717) is 18.1 Å².